The molecule has 0 atom stereocenters. The summed E-state index contributed by atoms with van der Waals surface area (Å²) >= 11 is 0.220. The SMILES string of the molecule is Cc1cc(NC(=O)c2cccnc2SC(F)F)no1. The number of nitrogens with zero attached hydrogens (tertiary/aromatic N) is 2. The molecule has 0 saturated carbocycles. The molecule has 0 saturated heterocycles. The monoisotopic (exact) mass is 285 g/mol. The minimum Gasteiger partial charge on any atom is -0.360 e. The molecule has 0 aliphatic heterocycles. The van der Waals surface area contributed by atoms with E-state index >= 15 is 0 Å². The molecular formula is C11H9F2N3O2S. The smallest absolute Gasteiger partial charge is 0.290 e. The Bertz CT molecular complexity index is 589. The molecule has 8 heteroatoms. The van der Waals surface area contributed by atoms with Crippen molar-refractivity contribution in [2.24, 2.45) is 0 Å². The summed E-state index contributed by atoms with van der Waals surface area (Å²) < 4.78 is 29.5. The van der Waals surface area contributed by atoms with E-state index < -0.39 is 11.7 Å². The normalized spacial score (nSPS) is 10.7. The van der Waals surface area contributed by atoms with Crippen LogP contribution in [0, 0.1) is 6.92 Å². The minimum atomic E-state index is -2.64. The van der Waals surface area contributed by atoms with Gasteiger partial charge in [0.1, 0.15) is 10.8 Å². The highest BCUT2D eigenvalue weighted by atomic mass is 32.2. The van der Waals surface area contributed by atoms with Crippen molar-refractivity contribution in [3.63, 3.8) is 0 Å². The highest BCUT2D eigenvalue weighted by Gasteiger charge is 2.17. The van der Waals surface area contributed by atoms with Crippen LogP contribution in [0.5, 0.6) is 0 Å². The van der Waals surface area contributed by atoms with E-state index in [0.717, 1.165) is 0 Å². The van der Waals surface area contributed by atoms with Gasteiger partial charge in [-0.2, -0.15) is 8.78 Å². The lowest BCUT2D eigenvalue weighted by molar-refractivity contribution is 0.102. The van der Waals surface area contributed by atoms with Crippen molar-refractivity contribution in [2.75, 3.05) is 5.32 Å². The molecule has 2 rings (SSSR count). The van der Waals surface area contributed by atoms with Gasteiger partial charge in [-0.15, -0.1) is 0 Å². The average Bonchev–Trinajstić information content (AvgIpc) is 2.74. The maximum Gasteiger partial charge on any atom is 0.290 e. The number of hydrogen-bond donors (Lipinski definition) is 1. The Morgan fingerprint density at radius 2 is 2.32 bits per heavy atom. The third-order valence-corrected chi connectivity index (χ3v) is 2.81. The molecule has 0 radical (unpaired) electrons. The van der Waals surface area contributed by atoms with Crippen LogP contribution in [0.4, 0.5) is 14.6 Å². The number of rotatable bonds is 4. The topological polar surface area (TPSA) is 68.0 Å². The van der Waals surface area contributed by atoms with Crippen LogP contribution in [-0.4, -0.2) is 21.8 Å². The first-order chi connectivity index (χ1) is 9.06. The standard InChI is InChI=1S/C11H9F2N3O2S/c1-6-5-8(16-18-6)15-9(17)7-3-2-4-14-10(7)19-11(12)13/h2-5,11H,1H3,(H,15,16,17). The molecule has 2 aromatic heterocycles. The molecule has 2 aromatic rings. The van der Waals surface area contributed by atoms with Crippen LogP contribution >= 0.6 is 11.8 Å². The number of nitrogens with one attached hydrogen (secondary N) is 1. The second kappa shape index (κ2) is 5.79. The molecular weight excluding hydrogens is 276 g/mol. The molecule has 0 unspecified atom stereocenters. The molecule has 0 fully saturated rings. The Labute approximate surface area is 111 Å². The van der Waals surface area contributed by atoms with Gasteiger partial charge in [0.25, 0.3) is 11.7 Å². The van der Waals surface area contributed by atoms with Gasteiger partial charge in [-0.3, -0.25) is 4.79 Å². The zero-order chi connectivity index (χ0) is 13.8. The van der Waals surface area contributed by atoms with Gasteiger partial charge in [0, 0.05) is 12.3 Å². The van der Waals surface area contributed by atoms with Crippen LogP contribution in [0.15, 0.2) is 33.9 Å². The zero-order valence-corrected chi connectivity index (χ0v) is 10.6. The number of anilines is 1. The molecule has 100 valence electrons. The Kier molecular flexibility index (Phi) is 4.10. The third-order valence-electron chi connectivity index (χ3n) is 2.09. The van der Waals surface area contributed by atoms with Crippen LogP contribution in [-0.2, 0) is 0 Å². The Morgan fingerprint density at radius 3 is 2.95 bits per heavy atom. The van der Waals surface area contributed by atoms with Gasteiger partial charge in [-0.1, -0.05) is 5.16 Å². The highest BCUT2D eigenvalue weighted by Crippen LogP contribution is 2.26. The van der Waals surface area contributed by atoms with E-state index in [4.69, 9.17) is 4.52 Å². The molecule has 1 N–H and O–H groups in total. The van der Waals surface area contributed by atoms with Gasteiger partial charge in [-0.25, -0.2) is 4.98 Å². The van der Waals surface area contributed by atoms with Gasteiger partial charge in [0.05, 0.1) is 5.56 Å². The molecule has 0 aliphatic carbocycles. The third kappa shape index (κ3) is 3.50. The fraction of sp³-hybridized carbons (Fsp3) is 0.182. The first-order valence-electron chi connectivity index (χ1n) is 5.21. The number of thioether (sulfide) groups is 1. The summed E-state index contributed by atoms with van der Waals surface area (Å²) in [6.07, 6.45) is 1.35. The van der Waals surface area contributed by atoms with Crippen LogP contribution in [0.2, 0.25) is 0 Å². The van der Waals surface area contributed by atoms with Crippen LogP contribution in [0.1, 0.15) is 16.1 Å². The lowest BCUT2D eigenvalue weighted by Gasteiger charge is -2.06. The first-order valence-corrected chi connectivity index (χ1v) is 6.08. The maximum atomic E-state index is 12.4. The van der Waals surface area contributed by atoms with E-state index in [1.54, 1.807) is 6.92 Å². The number of alkyl halides is 2. The number of aryl methyl sites for hydroxylation is 1. The number of halogens is 2. The molecule has 2 heterocycles. The van der Waals surface area contributed by atoms with Gasteiger partial charge in [0.15, 0.2) is 5.82 Å². The zero-order valence-electron chi connectivity index (χ0n) is 9.76. The van der Waals surface area contributed by atoms with Crippen molar-refractivity contribution in [3.8, 4) is 0 Å². The average molecular weight is 285 g/mol. The quantitative estimate of drug-likeness (QED) is 0.875. The fourth-order valence-electron chi connectivity index (χ4n) is 1.35. The Morgan fingerprint density at radius 1 is 1.53 bits per heavy atom. The summed E-state index contributed by atoms with van der Waals surface area (Å²) in [6, 6.07) is 4.44. The lowest BCUT2D eigenvalue weighted by atomic mass is 10.2. The van der Waals surface area contributed by atoms with Crippen molar-refractivity contribution >= 4 is 23.5 Å². The summed E-state index contributed by atoms with van der Waals surface area (Å²) in [5.74, 6) is -2.46. The molecule has 5 nitrogen and oxygen atoms in total. The van der Waals surface area contributed by atoms with Gasteiger partial charge >= 0.3 is 0 Å². The molecule has 0 bridgehead atoms. The van der Waals surface area contributed by atoms with Crippen LogP contribution in [0.25, 0.3) is 0 Å². The number of hydrogen-bond acceptors (Lipinski definition) is 5. The predicted molar refractivity (Wildman–Crippen MR) is 65.3 cm³/mol. The van der Waals surface area contributed by atoms with E-state index in [1.165, 1.54) is 24.4 Å². The number of carbonyl (C=O) groups is 1. The molecule has 1 amide bonds. The highest BCUT2D eigenvalue weighted by molar-refractivity contribution is 7.99. The predicted octanol–water partition coefficient (Wildman–Crippen LogP) is 2.95. The van der Waals surface area contributed by atoms with Gasteiger partial charge in [-0.05, 0) is 30.8 Å². The van der Waals surface area contributed by atoms with Crippen molar-refractivity contribution in [3.05, 3.63) is 35.7 Å². The molecule has 19 heavy (non-hydrogen) atoms. The Balaban J connectivity index is 2.18. The van der Waals surface area contributed by atoms with Crippen molar-refractivity contribution in [1.82, 2.24) is 10.1 Å². The van der Waals surface area contributed by atoms with E-state index in [2.05, 4.69) is 15.5 Å². The van der Waals surface area contributed by atoms with Crippen molar-refractivity contribution < 1.29 is 18.1 Å². The Hall–Kier alpha value is -1.96. The van der Waals surface area contributed by atoms with Crippen LogP contribution in [0.3, 0.4) is 0 Å². The van der Waals surface area contributed by atoms with E-state index in [0.29, 0.717) is 5.76 Å². The second-order valence-corrected chi connectivity index (χ2v) is 4.49. The van der Waals surface area contributed by atoms with Crippen molar-refractivity contribution in [2.45, 2.75) is 17.7 Å². The number of carbonyl (C=O) groups excluding carboxylic acids is 1. The summed E-state index contributed by atoms with van der Waals surface area (Å²) in [6.45, 7) is 1.67. The van der Waals surface area contributed by atoms with Crippen molar-refractivity contribution in [1.29, 1.82) is 0 Å². The summed E-state index contributed by atoms with van der Waals surface area (Å²) in [5, 5.41) is 6.01. The molecule has 0 aromatic carbocycles. The maximum absolute atomic E-state index is 12.4. The molecule has 0 aliphatic rings. The molecule has 0 spiro atoms. The first kappa shape index (κ1) is 13.5. The van der Waals surface area contributed by atoms with Crippen LogP contribution < -0.4 is 5.32 Å². The largest absolute Gasteiger partial charge is 0.360 e. The number of amides is 1. The number of aromatic nitrogens is 2. The van der Waals surface area contributed by atoms with Gasteiger partial charge < -0.3 is 9.84 Å². The van der Waals surface area contributed by atoms with E-state index in [1.807, 2.05) is 0 Å². The number of pyridine rings is 1. The summed E-state index contributed by atoms with van der Waals surface area (Å²) in [4.78, 5) is 15.7. The summed E-state index contributed by atoms with van der Waals surface area (Å²) in [7, 11) is 0. The minimum absolute atomic E-state index is 0.0322. The lowest BCUT2D eigenvalue weighted by Crippen LogP contribution is -2.14. The van der Waals surface area contributed by atoms with E-state index in [9.17, 15) is 13.6 Å². The second-order valence-electron chi connectivity index (χ2n) is 3.51. The van der Waals surface area contributed by atoms with E-state index in [-0.39, 0.29) is 28.2 Å². The van der Waals surface area contributed by atoms with Gasteiger partial charge in [0.2, 0.25) is 0 Å². The fourth-order valence-corrected chi connectivity index (χ4v) is 1.93. The summed E-state index contributed by atoms with van der Waals surface area (Å²) in [5.41, 5.74) is 0.0634.